The Labute approximate surface area is 87.0 Å². The van der Waals surface area contributed by atoms with Gasteiger partial charge in [-0.1, -0.05) is 32.1 Å². The first kappa shape index (κ1) is 11.5. The van der Waals surface area contributed by atoms with E-state index in [-0.39, 0.29) is 5.60 Å². The summed E-state index contributed by atoms with van der Waals surface area (Å²) in [7, 11) is 0. The Hall–Kier alpha value is -0.530. The maximum Gasteiger partial charge on any atom is 0.293 e. The molecule has 1 fully saturated rings. The molecule has 0 spiro atoms. The highest BCUT2D eigenvalue weighted by Crippen LogP contribution is 2.30. The Morgan fingerprint density at radius 1 is 1.29 bits per heavy atom. The summed E-state index contributed by atoms with van der Waals surface area (Å²) in [5.74, 6) is 0.873. The molecule has 1 rings (SSSR count). The summed E-state index contributed by atoms with van der Waals surface area (Å²) in [5.41, 5.74) is -0.265. The minimum absolute atomic E-state index is 0.265. The second-order valence-electron chi connectivity index (χ2n) is 5.02. The molecule has 0 heterocycles. The lowest BCUT2D eigenvalue weighted by atomic mass is 9.84. The van der Waals surface area contributed by atoms with E-state index >= 15 is 0 Å². The van der Waals surface area contributed by atoms with Crippen LogP contribution in [0.4, 0.5) is 0 Å². The number of rotatable bonds is 5. The standard InChI is InChI=1S/C12H22O2/c1-12(2,14-10-13)9-8-11-6-4-3-5-7-11/h10-11H,3-9H2,1-2H3. The molecule has 0 N–H and O–H groups in total. The molecule has 1 aliphatic carbocycles. The highest BCUT2D eigenvalue weighted by Gasteiger charge is 2.22. The first-order chi connectivity index (χ1) is 6.64. The fourth-order valence-corrected chi connectivity index (χ4v) is 2.22. The molecule has 0 aromatic carbocycles. The van der Waals surface area contributed by atoms with Crippen LogP contribution in [0, 0.1) is 5.92 Å². The average Bonchev–Trinajstić information content (AvgIpc) is 2.17. The van der Waals surface area contributed by atoms with Crippen LogP contribution in [-0.4, -0.2) is 12.1 Å². The maximum atomic E-state index is 10.2. The lowest BCUT2D eigenvalue weighted by molar-refractivity contribution is -0.141. The first-order valence-electron chi connectivity index (χ1n) is 5.75. The number of carbonyl (C=O) groups excluding carboxylic acids is 1. The van der Waals surface area contributed by atoms with Gasteiger partial charge in [0.1, 0.15) is 5.60 Å². The SMILES string of the molecule is CC(C)(CCC1CCCCC1)OC=O. The molecule has 0 bridgehead atoms. The summed E-state index contributed by atoms with van der Waals surface area (Å²) in [4.78, 5) is 10.2. The van der Waals surface area contributed by atoms with Crippen LogP contribution >= 0.6 is 0 Å². The van der Waals surface area contributed by atoms with Crippen LogP contribution in [0.25, 0.3) is 0 Å². The van der Waals surface area contributed by atoms with Crippen molar-refractivity contribution >= 4 is 6.47 Å². The Balaban J connectivity index is 2.20. The van der Waals surface area contributed by atoms with Crippen LogP contribution in [0.3, 0.4) is 0 Å². The van der Waals surface area contributed by atoms with Crippen LogP contribution in [0.5, 0.6) is 0 Å². The van der Waals surface area contributed by atoms with Crippen LogP contribution in [0.15, 0.2) is 0 Å². The van der Waals surface area contributed by atoms with Gasteiger partial charge in [-0.05, 0) is 32.6 Å². The van der Waals surface area contributed by atoms with Crippen molar-refractivity contribution in [3.63, 3.8) is 0 Å². The Kier molecular flexibility index (Phi) is 4.43. The monoisotopic (exact) mass is 198 g/mol. The molecule has 0 aromatic rings. The van der Waals surface area contributed by atoms with Crippen molar-refractivity contribution in [2.75, 3.05) is 0 Å². The lowest BCUT2D eigenvalue weighted by Gasteiger charge is -2.27. The minimum Gasteiger partial charge on any atom is -0.462 e. The molecule has 0 amide bonds. The molecule has 0 atom stereocenters. The molecular formula is C12H22O2. The summed E-state index contributed by atoms with van der Waals surface area (Å²) in [5, 5.41) is 0. The zero-order chi connectivity index (χ0) is 10.4. The van der Waals surface area contributed by atoms with Crippen molar-refractivity contribution in [2.24, 2.45) is 5.92 Å². The van der Waals surface area contributed by atoms with E-state index in [1.807, 2.05) is 13.8 Å². The predicted molar refractivity (Wildman–Crippen MR) is 57.0 cm³/mol. The van der Waals surface area contributed by atoms with Crippen LogP contribution in [-0.2, 0) is 9.53 Å². The fourth-order valence-electron chi connectivity index (χ4n) is 2.22. The lowest BCUT2D eigenvalue weighted by Crippen LogP contribution is -2.25. The van der Waals surface area contributed by atoms with E-state index in [0.29, 0.717) is 6.47 Å². The van der Waals surface area contributed by atoms with E-state index in [1.54, 1.807) is 0 Å². The highest BCUT2D eigenvalue weighted by atomic mass is 16.5. The van der Waals surface area contributed by atoms with Crippen LogP contribution in [0.2, 0.25) is 0 Å². The Bertz CT molecular complexity index is 169. The minimum atomic E-state index is -0.265. The smallest absolute Gasteiger partial charge is 0.293 e. The number of ether oxygens (including phenoxy) is 1. The molecule has 82 valence electrons. The normalized spacial score (nSPS) is 19.3. The van der Waals surface area contributed by atoms with Gasteiger partial charge in [0.25, 0.3) is 6.47 Å². The third kappa shape index (κ3) is 4.12. The predicted octanol–water partition coefficient (Wildman–Crippen LogP) is 3.30. The van der Waals surface area contributed by atoms with Gasteiger partial charge in [-0.2, -0.15) is 0 Å². The summed E-state index contributed by atoms with van der Waals surface area (Å²) in [6.07, 6.45) is 9.13. The molecule has 14 heavy (non-hydrogen) atoms. The van der Waals surface area contributed by atoms with Gasteiger partial charge < -0.3 is 4.74 Å². The van der Waals surface area contributed by atoms with E-state index in [0.717, 1.165) is 12.3 Å². The zero-order valence-corrected chi connectivity index (χ0v) is 9.42. The van der Waals surface area contributed by atoms with Gasteiger partial charge in [0, 0.05) is 0 Å². The van der Waals surface area contributed by atoms with E-state index in [1.165, 1.54) is 38.5 Å². The van der Waals surface area contributed by atoms with E-state index < -0.39 is 0 Å². The topological polar surface area (TPSA) is 26.3 Å². The van der Waals surface area contributed by atoms with Gasteiger partial charge in [-0.15, -0.1) is 0 Å². The maximum absolute atomic E-state index is 10.2. The molecule has 0 aliphatic heterocycles. The van der Waals surface area contributed by atoms with Crippen LogP contribution < -0.4 is 0 Å². The quantitative estimate of drug-likeness (QED) is 0.633. The summed E-state index contributed by atoms with van der Waals surface area (Å²) in [6.45, 7) is 4.55. The molecular weight excluding hydrogens is 176 g/mol. The van der Waals surface area contributed by atoms with Gasteiger partial charge in [0.2, 0.25) is 0 Å². The zero-order valence-electron chi connectivity index (χ0n) is 9.42. The van der Waals surface area contributed by atoms with Crippen molar-refractivity contribution in [3.8, 4) is 0 Å². The van der Waals surface area contributed by atoms with Crippen molar-refractivity contribution in [1.82, 2.24) is 0 Å². The van der Waals surface area contributed by atoms with Gasteiger partial charge >= 0.3 is 0 Å². The Morgan fingerprint density at radius 3 is 2.50 bits per heavy atom. The van der Waals surface area contributed by atoms with Crippen molar-refractivity contribution in [2.45, 2.75) is 64.4 Å². The fraction of sp³-hybridized carbons (Fsp3) is 0.917. The van der Waals surface area contributed by atoms with Crippen molar-refractivity contribution < 1.29 is 9.53 Å². The molecule has 2 nitrogen and oxygen atoms in total. The van der Waals surface area contributed by atoms with Crippen molar-refractivity contribution in [3.05, 3.63) is 0 Å². The first-order valence-corrected chi connectivity index (χ1v) is 5.75. The molecule has 0 saturated heterocycles. The van der Waals surface area contributed by atoms with Gasteiger partial charge in [0.05, 0.1) is 0 Å². The highest BCUT2D eigenvalue weighted by molar-refractivity contribution is 5.38. The molecule has 0 unspecified atom stereocenters. The van der Waals surface area contributed by atoms with Gasteiger partial charge in [-0.3, -0.25) is 4.79 Å². The number of carbonyl (C=O) groups is 1. The summed E-state index contributed by atoms with van der Waals surface area (Å²) in [6, 6.07) is 0. The molecule has 0 radical (unpaired) electrons. The van der Waals surface area contributed by atoms with E-state index in [4.69, 9.17) is 4.74 Å². The van der Waals surface area contributed by atoms with E-state index in [2.05, 4.69) is 0 Å². The summed E-state index contributed by atoms with van der Waals surface area (Å²) < 4.78 is 5.04. The third-order valence-electron chi connectivity index (χ3n) is 3.25. The van der Waals surface area contributed by atoms with Gasteiger partial charge in [0.15, 0.2) is 0 Å². The van der Waals surface area contributed by atoms with Crippen molar-refractivity contribution in [1.29, 1.82) is 0 Å². The van der Waals surface area contributed by atoms with Crippen LogP contribution in [0.1, 0.15) is 58.8 Å². The van der Waals surface area contributed by atoms with E-state index in [9.17, 15) is 4.79 Å². The largest absolute Gasteiger partial charge is 0.462 e. The number of hydrogen-bond donors (Lipinski definition) is 0. The molecule has 1 aliphatic rings. The second-order valence-corrected chi connectivity index (χ2v) is 5.02. The third-order valence-corrected chi connectivity index (χ3v) is 3.25. The molecule has 1 saturated carbocycles. The molecule has 0 aromatic heterocycles. The van der Waals surface area contributed by atoms with Gasteiger partial charge in [-0.25, -0.2) is 0 Å². The second kappa shape index (κ2) is 5.38. The Morgan fingerprint density at radius 2 is 1.93 bits per heavy atom. The molecule has 2 heteroatoms. The number of hydrogen-bond acceptors (Lipinski definition) is 2. The average molecular weight is 198 g/mol. The summed E-state index contributed by atoms with van der Waals surface area (Å²) >= 11 is 0.